The molecule has 138 valence electrons. The molecule has 0 radical (unpaired) electrons. The number of sulfonamides is 1. The van der Waals surface area contributed by atoms with E-state index in [0.717, 1.165) is 0 Å². The van der Waals surface area contributed by atoms with E-state index in [9.17, 15) is 18.0 Å². The van der Waals surface area contributed by atoms with Gasteiger partial charge in [0.25, 0.3) is 0 Å². The van der Waals surface area contributed by atoms with Crippen LogP contribution in [0.5, 0.6) is 0 Å². The first kappa shape index (κ1) is 20.4. The topological polar surface area (TPSA) is 89.5 Å². The third-order valence-corrected chi connectivity index (χ3v) is 5.26. The molecule has 0 unspecified atom stereocenters. The zero-order valence-electron chi connectivity index (χ0n) is 13.4. The SMILES string of the molecule is O=C(CCNS(=O)(=O)c1ccc(Cl)cc1)OCC(=O)c1ccc(Cl)cc1. The highest BCUT2D eigenvalue weighted by atomic mass is 35.5. The van der Waals surface area contributed by atoms with Crippen molar-refractivity contribution in [3.05, 3.63) is 64.1 Å². The molecule has 2 aromatic carbocycles. The fourth-order valence-electron chi connectivity index (χ4n) is 1.92. The number of hydrogen-bond donors (Lipinski definition) is 1. The number of esters is 1. The van der Waals surface area contributed by atoms with Gasteiger partial charge in [0, 0.05) is 22.2 Å². The van der Waals surface area contributed by atoms with Gasteiger partial charge in [-0.2, -0.15) is 0 Å². The fourth-order valence-corrected chi connectivity index (χ4v) is 3.21. The zero-order chi connectivity index (χ0) is 19.2. The third kappa shape index (κ3) is 6.10. The largest absolute Gasteiger partial charge is 0.457 e. The Kier molecular flexibility index (Phi) is 7.16. The zero-order valence-corrected chi connectivity index (χ0v) is 15.8. The summed E-state index contributed by atoms with van der Waals surface area (Å²) in [6.45, 7) is -0.580. The second kappa shape index (κ2) is 9.14. The maximum absolute atomic E-state index is 12.0. The number of ether oxygens (including phenoxy) is 1. The monoisotopic (exact) mass is 415 g/mol. The molecule has 0 amide bonds. The molecule has 0 fully saturated rings. The van der Waals surface area contributed by atoms with Crippen molar-refractivity contribution in [2.24, 2.45) is 0 Å². The summed E-state index contributed by atoms with van der Waals surface area (Å²) < 4.78 is 31.2. The van der Waals surface area contributed by atoms with Crippen LogP contribution in [-0.4, -0.2) is 33.3 Å². The van der Waals surface area contributed by atoms with Gasteiger partial charge in [-0.25, -0.2) is 13.1 Å². The van der Waals surface area contributed by atoms with Crippen LogP contribution in [0.1, 0.15) is 16.8 Å². The number of halogens is 2. The van der Waals surface area contributed by atoms with Gasteiger partial charge in [-0.15, -0.1) is 0 Å². The Morgan fingerprint density at radius 3 is 2.04 bits per heavy atom. The average Bonchev–Trinajstić information content (AvgIpc) is 2.60. The van der Waals surface area contributed by atoms with Crippen molar-refractivity contribution in [1.29, 1.82) is 0 Å². The summed E-state index contributed by atoms with van der Waals surface area (Å²) in [5.41, 5.74) is 0.366. The Morgan fingerprint density at radius 1 is 0.923 bits per heavy atom. The Hall–Kier alpha value is -1.93. The summed E-state index contributed by atoms with van der Waals surface area (Å²) in [5, 5.41) is 0.907. The van der Waals surface area contributed by atoms with Crippen molar-refractivity contribution in [2.45, 2.75) is 11.3 Å². The predicted molar refractivity (Wildman–Crippen MR) is 98.0 cm³/mol. The number of rotatable bonds is 8. The lowest BCUT2D eigenvalue weighted by atomic mass is 10.1. The molecule has 0 spiro atoms. The number of carbonyl (C=O) groups excluding carboxylic acids is 2. The minimum atomic E-state index is -3.75. The molecule has 2 rings (SSSR count). The van der Waals surface area contributed by atoms with Crippen LogP contribution in [0.2, 0.25) is 10.0 Å². The van der Waals surface area contributed by atoms with Gasteiger partial charge in [0.1, 0.15) is 0 Å². The molecule has 0 heterocycles. The van der Waals surface area contributed by atoms with Crippen LogP contribution in [-0.2, 0) is 19.6 Å². The smallest absolute Gasteiger partial charge is 0.307 e. The average molecular weight is 416 g/mol. The highest BCUT2D eigenvalue weighted by molar-refractivity contribution is 7.89. The molecule has 2 aromatic rings. The summed E-state index contributed by atoms with van der Waals surface area (Å²) in [4.78, 5) is 23.6. The predicted octanol–water partition coefficient (Wildman–Crippen LogP) is 3.09. The number of carbonyl (C=O) groups is 2. The number of ketones is 1. The lowest BCUT2D eigenvalue weighted by Gasteiger charge is -2.07. The van der Waals surface area contributed by atoms with Crippen molar-refractivity contribution in [3.8, 4) is 0 Å². The van der Waals surface area contributed by atoms with Crippen LogP contribution in [0, 0.1) is 0 Å². The lowest BCUT2D eigenvalue weighted by Crippen LogP contribution is -2.27. The molecule has 0 aliphatic rings. The Labute approximate surface area is 161 Å². The molecule has 26 heavy (non-hydrogen) atoms. The second-order valence-electron chi connectivity index (χ2n) is 5.19. The quantitative estimate of drug-likeness (QED) is 0.528. The van der Waals surface area contributed by atoms with Crippen LogP contribution in [0.3, 0.4) is 0 Å². The summed E-state index contributed by atoms with van der Waals surface area (Å²) in [5.74, 6) is -1.07. The van der Waals surface area contributed by atoms with E-state index in [-0.39, 0.29) is 23.6 Å². The third-order valence-electron chi connectivity index (χ3n) is 3.28. The van der Waals surface area contributed by atoms with Gasteiger partial charge in [-0.3, -0.25) is 9.59 Å². The van der Waals surface area contributed by atoms with Gasteiger partial charge >= 0.3 is 5.97 Å². The number of benzene rings is 2. The molecule has 0 saturated carbocycles. The van der Waals surface area contributed by atoms with E-state index in [0.29, 0.717) is 15.6 Å². The standard InChI is InChI=1S/C17H15Cl2NO5S/c18-13-3-1-12(2-4-13)16(21)11-25-17(22)9-10-20-26(23,24)15-7-5-14(19)6-8-15/h1-8,20H,9-11H2. The lowest BCUT2D eigenvalue weighted by molar-refractivity contribution is -0.142. The molecule has 0 bridgehead atoms. The fraction of sp³-hybridized carbons (Fsp3) is 0.176. The van der Waals surface area contributed by atoms with Crippen molar-refractivity contribution in [1.82, 2.24) is 4.72 Å². The Morgan fingerprint density at radius 2 is 1.46 bits per heavy atom. The Bertz CT molecular complexity index is 880. The molecule has 0 aromatic heterocycles. The minimum Gasteiger partial charge on any atom is -0.457 e. The summed E-state index contributed by atoms with van der Waals surface area (Å²) >= 11 is 11.4. The molecule has 1 N–H and O–H groups in total. The molecule has 0 aliphatic carbocycles. The normalized spacial score (nSPS) is 11.2. The second-order valence-corrected chi connectivity index (χ2v) is 7.83. The first-order valence-corrected chi connectivity index (χ1v) is 9.71. The molecular weight excluding hydrogens is 401 g/mol. The van der Waals surface area contributed by atoms with E-state index in [2.05, 4.69) is 4.72 Å². The van der Waals surface area contributed by atoms with E-state index in [1.165, 1.54) is 36.4 Å². The van der Waals surface area contributed by atoms with Crippen molar-refractivity contribution in [3.63, 3.8) is 0 Å². The van der Waals surface area contributed by atoms with Crippen molar-refractivity contribution < 1.29 is 22.7 Å². The Balaban J connectivity index is 1.77. The summed E-state index contributed by atoms with van der Waals surface area (Å²) in [6, 6.07) is 11.8. The molecule has 9 heteroatoms. The highest BCUT2D eigenvalue weighted by Gasteiger charge is 2.15. The number of hydrogen-bond acceptors (Lipinski definition) is 5. The van der Waals surface area contributed by atoms with Crippen LogP contribution < -0.4 is 4.72 Å². The molecule has 6 nitrogen and oxygen atoms in total. The maximum atomic E-state index is 12.0. The first-order chi connectivity index (χ1) is 12.3. The van der Waals surface area contributed by atoms with E-state index < -0.39 is 22.6 Å². The summed E-state index contributed by atoms with van der Waals surface area (Å²) in [7, 11) is -3.75. The van der Waals surface area contributed by atoms with Crippen LogP contribution in [0.4, 0.5) is 0 Å². The van der Waals surface area contributed by atoms with Crippen LogP contribution in [0.25, 0.3) is 0 Å². The highest BCUT2D eigenvalue weighted by Crippen LogP contribution is 2.14. The van der Waals surface area contributed by atoms with Gasteiger partial charge in [-0.1, -0.05) is 23.2 Å². The minimum absolute atomic E-state index is 0.0354. The van der Waals surface area contributed by atoms with Gasteiger partial charge in [0.2, 0.25) is 10.0 Å². The first-order valence-electron chi connectivity index (χ1n) is 7.47. The van der Waals surface area contributed by atoms with Gasteiger partial charge in [0.05, 0.1) is 11.3 Å². The van der Waals surface area contributed by atoms with Crippen molar-refractivity contribution >= 4 is 45.0 Å². The van der Waals surface area contributed by atoms with Crippen molar-refractivity contribution in [2.75, 3.05) is 13.2 Å². The van der Waals surface area contributed by atoms with E-state index in [1.54, 1.807) is 12.1 Å². The van der Waals surface area contributed by atoms with Gasteiger partial charge in [-0.05, 0) is 48.5 Å². The van der Waals surface area contributed by atoms with Gasteiger partial charge in [0.15, 0.2) is 12.4 Å². The molecule has 0 saturated heterocycles. The van der Waals surface area contributed by atoms with Crippen LogP contribution >= 0.6 is 23.2 Å². The number of nitrogens with one attached hydrogen (secondary N) is 1. The molecule has 0 aliphatic heterocycles. The number of Topliss-reactive ketones (excluding diaryl/α,β-unsaturated/α-hetero) is 1. The molecule has 0 atom stereocenters. The van der Waals surface area contributed by atoms with E-state index in [1.807, 2.05) is 0 Å². The maximum Gasteiger partial charge on any atom is 0.307 e. The van der Waals surface area contributed by atoms with Crippen LogP contribution in [0.15, 0.2) is 53.4 Å². The van der Waals surface area contributed by atoms with Gasteiger partial charge < -0.3 is 4.74 Å². The van der Waals surface area contributed by atoms with E-state index in [4.69, 9.17) is 27.9 Å². The van der Waals surface area contributed by atoms with E-state index >= 15 is 0 Å². The molecular formula is C17H15Cl2NO5S. The summed E-state index contributed by atoms with van der Waals surface area (Å²) in [6.07, 6.45) is -0.208.